The summed E-state index contributed by atoms with van der Waals surface area (Å²) in [6.07, 6.45) is 39.1. The van der Waals surface area contributed by atoms with Crippen LogP contribution in [0.4, 0.5) is 0 Å². The number of hydrogen-bond donors (Lipinski definition) is 5. The van der Waals surface area contributed by atoms with Crippen molar-refractivity contribution >= 4 is 19.8 Å². The van der Waals surface area contributed by atoms with Gasteiger partial charge in [0, 0.05) is 12.8 Å². The lowest BCUT2D eigenvalue weighted by atomic mass is 9.99. The number of carbonyl (C=O) groups is 2. The van der Waals surface area contributed by atoms with Gasteiger partial charge in [-0.15, -0.1) is 0 Å². The van der Waals surface area contributed by atoms with Crippen molar-refractivity contribution in [3.05, 3.63) is 48.6 Å². The first-order chi connectivity index (χ1) is 28.9. The first-order valence-electron chi connectivity index (χ1n) is 23.7. The molecule has 0 aliphatic carbocycles. The van der Waals surface area contributed by atoms with Crippen molar-refractivity contribution in [1.29, 1.82) is 0 Å². The number of rotatable bonds is 42. The molecular formula is C48H87O11P. The number of esters is 2. The highest BCUT2D eigenvalue weighted by molar-refractivity contribution is 7.46. The van der Waals surface area contributed by atoms with Crippen LogP contribution in [0.5, 0.6) is 0 Å². The van der Waals surface area contributed by atoms with E-state index in [1.54, 1.807) is 42.5 Å². The fourth-order valence-corrected chi connectivity index (χ4v) is 7.04. The number of phosphoric acid groups is 1. The molecule has 0 aromatic heterocycles. The van der Waals surface area contributed by atoms with Crippen molar-refractivity contribution < 1.29 is 53.3 Å². The average molecular weight is 871 g/mol. The van der Waals surface area contributed by atoms with Crippen LogP contribution < -0.4 is 0 Å². The molecule has 350 valence electrons. The van der Waals surface area contributed by atoms with E-state index in [1.807, 2.05) is 0 Å². The lowest BCUT2D eigenvalue weighted by Crippen LogP contribution is -2.29. The van der Waals surface area contributed by atoms with E-state index in [1.165, 1.54) is 109 Å². The molecular weight excluding hydrogens is 783 g/mol. The highest BCUT2D eigenvalue weighted by atomic mass is 31.2. The Labute approximate surface area is 364 Å². The average Bonchev–Trinajstić information content (AvgIpc) is 3.21. The maximum atomic E-state index is 12.5. The molecule has 5 atom stereocenters. The Morgan fingerprint density at radius 3 is 1.53 bits per heavy atom. The van der Waals surface area contributed by atoms with Crippen molar-refractivity contribution in [1.82, 2.24) is 0 Å². The third kappa shape index (κ3) is 41.3. The summed E-state index contributed by atoms with van der Waals surface area (Å²) in [6.45, 7) is 5.70. The standard InChI is InChI=1S/C48H87O11P/c1-4-6-27-34-43(49)35-29-24-21-22-25-30-36-45(50)46(51)37-32-39-48(53)59-44(41-58-60(54,55)56)40-57-47(52)38-31-26-20-18-16-14-12-10-8-7-9-11-13-15-17-19-23-28-33-42(3)5-2/h21-22,24-25,29-30,35-36,42-46,49-51H,4-20,23,26-28,31-34,37-41H2,1-3H3,(H2,54,55,56)/b24-21-,25-22+,35-29+,36-30+/t42?,43-,44+,45-,46-/m0/s1. The predicted octanol–water partition coefficient (Wildman–Crippen LogP) is 11.5. The van der Waals surface area contributed by atoms with E-state index in [9.17, 15) is 29.5 Å². The van der Waals surface area contributed by atoms with Gasteiger partial charge in [0.2, 0.25) is 0 Å². The van der Waals surface area contributed by atoms with E-state index in [0.717, 1.165) is 50.9 Å². The van der Waals surface area contributed by atoms with Crippen LogP contribution in [0.2, 0.25) is 0 Å². The molecule has 0 amide bonds. The summed E-state index contributed by atoms with van der Waals surface area (Å²) >= 11 is 0. The molecule has 0 bridgehead atoms. The molecule has 0 aliphatic rings. The van der Waals surface area contributed by atoms with Gasteiger partial charge < -0.3 is 34.6 Å². The minimum Gasteiger partial charge on any atom is -0.462 e. The van der Waals surface area contributed by atoms with Crippen molar-refractivity contribution in [3.63, 3.8) is 0 Å². The Kier molecular flexibility index (Phi) is 39.5. The van der Waals surface area contributed by atoms with Crippen molar-refractivity contribution in [3.8, 4) is 0 Å². The first kappa shape index (κ1) is 57.9. The summed E-state index contributed by atoms with van der Waals surface area (Å²) in [5.41, 5.74) is 0. The maximum Gasteiger partial charge on any atom is 0.469 e. The second kappa shape index (κ2) is 40.9. The van der Waals surface area contributed by atoms with Crippen LogP contribution in [-0.4, -0.2) is 74.7 Å². The lowest BCUT2D eigenvalue weighted by Gasteiger charge is -2.19. The van der Waals surface area contributed by atoms with Crippen LogP contribution >= 0.6 is 7.82 Å². The highest BCUT2D eigenvalue weighted by Crippen LogP contribution is 2.36. The van der Waals surface area contributed by atoms with E-state index in [4.69, 9.17) is 19.3 Å². The molecule has 0 saturated carbocycles. The minimum absolute atomic E-state index is 0.0907. The third-order valence-corrected chi connectivity index (χ3v) is 11.2. The van der Waals surface area contributed by atoms with E-state index in [2.05, 4.69) is 25.3 Å². The topological polar surface area (TPSA) is 180 Å². The second-order valence-corrected chi connectivity index (χ2v) is 17.8. The van der Waals surface area contributed by atoms with Crippen LogP contribution in [0, 0.1) is 5.92 Å². The molecule has 0 aromatic rings. The van der Waals surface area contributed by atoms with Crippen molar-refractivity contribution in [2.75, 3.05) is 13.2 Å². The fraction of sp³-hybridized carbons (Fsp3) is 0.792. The van der Waals surface area contributed by atoms with Gasteiger partial charge in [-0.2, -0.15) is 0 Å². The molecule has 0 rings (SSSR count). The van der Waals surface area contributed by atoms with Gasteiger partial charge in [0.1, 0.15) is 6.61 Å². The molecule has 0 heterocycles. The third-order valence-electron chi connectivity index (χ3n) is 10.8. The number of carbonyl (C=O) groups excluding carboxylic acids is 2. The maximum absolute atomic E-state index is 12.5. The highest BCUT2D eigenvalue weighted by Gasteiger charge is 2.23. The van der Waals surface area contributed by atoms with E-state index >= 15 is 0 Å². The summed E-state index contributed by atoms with van der Waals surface area (Å²) in [4.78, 5) is 43.0. The Morgan fingerprint density at radius 1 is 0.550 bits per heavy atom. The van der Waals surface area contributed by atoms with Gasteiger partial charge in [-0.3, -0.25) is 14.1 Å². The number of ether oxygens (including phenoxy) is 2. The van der Waals surface area contributed by atoms with E-state index in [-0.39, 0.29) is 25.7 Å². The van der Waals surface area contributed by atoms with E-state index < -0.39 is 57.4 Å². The monoisotopic (exact) mass is 871 g/mol. The van der Waals surface area contributed by atoms with Crippen LogP contribution in [0.1, 0.15) is 201 Å². The van der Waals surface area contributed by atoms with Gasteiger partial charge in [-0.1, -0.05) is 211 Å². The summed E-state index contributed by atoms with van der Waals surface area (Å²) in [5, 5.41) is 30.4. The fourth-order valence-electron chi connectivity index (χ4n) is 6.68. The minimum atomic E-state index is -4.86. The van der Waals surface area contributed by atoms with Crippen LogP contribution in [0.3, 0.4) is 0 Å². The molecule has 12 heteroatoms. The van der Waals surface area contributed by atoms with Gasteiger partial charge in [0.15, 0.2) is 6.10 Å². The smallest absolute Gasteiger partial charge is 0.462 e. The molecule has 0 fully saturated rings. The molecule has 0 saturated heterocycles. The number of aliphatic hydroxyl groups excluding tert-OH is 3. The Balaban J connectivity index is 4.11. The normalized spacial score (nSPS) is 15.0. The first-order valence-corrected chi connectivity index (χ1v) is 25.2. The molecule has 5 N–H and O–H groups in total. The molecule has 1 unspecified atom stereocenters. The largest absolute Gasteiger partial charge is 0.469 e. The van der Waals surface area contributed by atoms with Gasteiger partial charge in [-0.25, -0.2) is 4.57 Å². The quantitative estimate of drug-likeness (QED) is 0.0170. The summed E-state index contributed by atoms with van der Waals surface area (Å²) in [7, 11) is -4.86. The molecule has 0 spiro atoms. The molecule has 11 nitrogen and oxygen atoms in total. The Bertz CT molecular complexity index is 1180. The number of phosphoric ester groups is 1. The number of unbranched alkanes of at least 4 members (excludes halogenated alkanes) is 19. The van der Waals surface area contributed by atoms with Gasteiger partial charge >= 0.3 is 19.8 Å². The Hall–Kier alpha value is -2.11. The van der Waals surface area contributed by atoms with Gasteiger partial charge in [-0.05, 0) is 31.6 Å². The van der Waals surface area contributed by atoms with Crippen LogP contribution in [-0.2, 0) is 28.2 Å². The van der Waals surface area contributed by atoms with Crippen LogP contribution in [0.25, 0.3) is 0 Å². The lowest BCUT2D eigenvalue weighted by molar-refractivity contribution is -0.161. The SMILES string of the molecule is CCCCC[C@H](O)/C=C/C=C\C=C\C=C\[C@H](O)[C@@H](O)CCCC(=O)O[C@H](COC(=O)CCCCCCCCCCCCCCCCCCCCC(C)CC)COP(=O)(O)O. The molecule has 60 heavy (non-hydrogen) atoms. The van der Waals surface area contributed by atoms with E-state index in [0.29, 0.717) is 6.42 Å². The molecule has 0 aliphatic heterocycles. The molecule has 0 aromatic carbocycles. The number of aliphatic hydroxyl groups is 3. The van der Waals surface area contributed by atoms with Gasteiger partial charge in [0.05, 0.1) is 24.9 Å². The summed E-state index contributed by atoms with van der Waals surface area (Å²) in [6, 6.07) is 0. The van der Waals surface area contributed by atoms with Crippen molar-refractivity contribution in [2.45, 2.75) is 225 Å². The zero-order valence-corrected chi connectivity index (χ0v) is 38.7. The summed E-state index contributed by atoms with van der Waals surface area (Å²) in [5.74, 6) is -0.321. The predicted molar refractivity (Wildman–Crippen MR) is 243 cm³/mol. The second-order valence-electron chi connectivity index (χ2n) is 16.6. The zero-order chi connectivity index (χ0) is 44.5. The number of allylic oxidation sites excluding steroid dienone is 6. The van der Waals surface area contributed by atoms with Crippen LogP contribution in [0.15, 0.2) is 48.6 Å². The zero-order valence-electron chi connectivity index (χ0n) is 37.9. The van der Waals surface area contributed by atoms with Gasteiger partial charge in [0.25, 0.3) is 0 Å². The summed E-state index contributed by atoms with van der Waals surface area (Å²) < 4.78 is 26.3. The molecule has 0 radical (unpaired) electrons. The Morgan fingerprint density at radius 2 is 1.02 bits per heavy atom. The van der Waals surface area contributed by atoms with Crippen molar-refractivity contribution in [2.24, 2.45) is 5.92 Å². The number of hydrogen-bond acceptors (Lipinski definition) is 9.